The number of benzene rings is 2. The molecule has 2 aromatic carbocycles. The van der Waals surface area contributed by atoms with Crippen LogP contribution in [0.5, 0.6) is 0 Å². The minimum absolute atomic E-state index is 0.0724. The molecule has 1 fully saturated rings. The van der Waals surface area contributed by atoms with Crippen molar-refractivity contribution in [2.75, 3.05) is 19.6 Å². The SMILES string of the molecule is O=C(c1ccccc1F)N1CCC(CNS(=O)(=O)Cc2cccc(Cl)c2)CC1. The molecule has 0 unspecified atom stereocenters. The third-order valence-electron chi connectivity index (χ3n) is 4.84. The van der Waals surface area contributed by atoms with E-state index in [0.29, 0.717) is 43.1 Å². The highest BCUT2D eigenvalue weighted by atomic mass is 35.5. The van der Waals surface area contributed by atoms with Crippen molar-refractivity contribution in [3.05, 3.63) is 70.5 Å². The summed E-state index contributed by atoms with van der Waals surface area (Å²) in [4.78, 5) is 14.1. The van der Waals surface area contributed by atoms with Crippen LogP contribution in [0.15, 0.2) is 48.5 Å². The molecule has 0 aromatic heterocycles. The number of amides is 1. The Morgan fingerprint density at radius 3 is 2.54 bits per heavy atom. The first kappa shape index (κ1) is 20.8. The molecule has 1 N–H and O–H groups in total. The minimum Gasteiger partial charge on any atom is -0.339 e. The highest BCUT2D eigenvalue weighted by Gasteiger charge is 2.26. The Morgan fingerprint density at radius 1 is 1.14 bits per heavy atom. The van der Waals surface area contributed by atoms with Crippen molar-refractivity contribution in [3.63, 3.8) is 0 Å². The van der Waals surface area contributed by atoms with Crippen LogP contribution < -0.4 is 4.72 Å². The molecule has 1 saturated heterocycles. The fraction of sp³-hybridized carbons (Fsp3) is 0.350. The van der Waals surface area contributed by atoms with Gasteiger partial charge in [0.2, 0.25) is 10.0 Å². The van der Waals surface area contributed by atoms with E-state index in [2.05, 4.69) is 4.72 Å². The number of hydrogen-bond donors (Lipinski definition) is 1. The summed E-state index contributed by atoms with van der Waals surface area (Å²) in [5, 5.41) is 0.500. The van der Waals surface area contributed by atoms with E-state index in [1.807, 2.05) is 0 Å². The van der Waals surface area contributed by atoms with Crippen LogP contribution in [0.4, 0.5) is 4.39 Å². The van der Waals surface area contributed by atoms with E-state index in [0.717, 1.165) is 0 Å². The zero-order valence-corrected chi connectivity index (χ0v) is 16.8. The lowest BCUT2D eigenvalue weighted by atomic mass is 9.96. The van der Waals surface area contributed by atoms with Crippen LogP contribution in [0.3, 0.4) is 0 Å². The quantitative estimate of drug-likeness (QED) is 0.772. The van der Waals surface area contributed by atoms with Gasteiger partial charge in [0.05, 0.1) is 11.3 Å². The highest BCUT2D eigenvalue weighted by Crippen LogP contribution is 2.20. The predicted octanol–water partition coefficient (Wildman–Crippen LogP) is 3.45. The first-order valence-electron chi connectivity index (χ1n) is 9.09. The number of carbonyl (C=O) groups excluding carboxylic acids is 1. The van der Waals surface area contributed by atoms with E-state index >= 15 is 0 Å². The Hall–Kier alpha value is -1.96. The average molecular weight is 425 g/mol. The zero-order valence-electron chi connectivity index (χ0n) is 15.3. The predicted molar refractivity (Wildman–Crippen MR) is 107 cm³/mol. The summed E-state index contributed by atoms with van der Waals surface area (Å²) >= 11 is 5.89. The number of hydrogen-bond acceptors (Lipinski definition) is 3. The lowest BCUT2D eigenvalue weighted by molar-refractivity contribution is 0.0687. The molecular weight excluding hydrogens is 403 g/mol. The van der Waals surface area contributed by atoms with E-state index in [1.54, 1.807) is 41.3 Å². The lowest BCUT2D eigenvalue weighted by Crippen LogP contribution is -2.41. The molecule has 3 rings (SSSR count). The number of sulfonamides is 1. The van der Waals surface area contributed by atoms with Gasteiger partial charge in [0, 0.05) is 24.7 Å². The van der Waals surface area contributed by atoms with Crippen molar-refractivity contribution in [2.24, 2.45) is 5.92 Å². The van der Waals surface area contributed by atoms with Crippen molar-refractivity contribution < 1.29 is 17.6 Å². The standard InChI is InChI=1S/C20H22ClFN2O3S/c21-17-5-3-4-16(12-17)14-28(26,27)23-13-15-8-10-24(11-9-15)20(25)18-6-1-2-7-19(18)22/h1-7,12,15,23H,8-11,13-14H2. The number of nitrogens with zero attached hydrogens (tertiary/aromatic N) is 1. The third kappa shape index (κ3) is 5.53. The van der Waals surface area contributed by atoms with Gasteiger partial charge in [0.1, 0.15) is 5.82 Å². The highest BCUT2D eigenvalue weighted by molar-refractivity contribution is 7.88. The maximum absolute atomic E-state index is 13.8. The van der Waals surface area contributed by atoms with E-state index in [1.165, 1.54) is 12.1 Å². The maximum Gasteiger partial charge on any atom is 0.256 e. The smallest absolute Gasteiger partial charge is 0.256 e. The second-order valence-corrected chi connectivity index (χ2v) is 9.20. The molecule has 0 saturated carbocycles. The lowest BCUT2D eigenvalue weighted by Gasteiger charge is -2.32. The Morgan fingerprint density at radius 2 is 1.86 bits per heavy atom. The summed E-state index contributed by atoms with van der Waals surface area (Å²) in [6.07, 6.45) is 1.33. The fourth-order valence-electron chi connectivity index (χ4n) is 3.29. The summed E-state index contributed by atoms with van der Waals surface area (Å²) in [6.45, 7) is 1.28. The second kappa shape index (κ2) is 9.03. The number of rotatable bonds is 6. The van der Waals surface area contributed by atoms with E-state index < -0.39 is 15.8 Å². The molecule has 1 aliphatic heterocycles. The van der Waals surface area contributed by atoms with Gasteiger partial charge in [-0.15, -0.1) is 0 Å². The van der Waals surface area contributed by atoms with Gasteiger partial charge in [0.15, 0.2) is 0 Å². The average Bonchev–Trinajstić information content (AvgIpc) is 2.66. The van der Waals surface area contributed by atoms with Gasteiger partial charge in [0.25, 0.3) is 5.91 Å². The molecule has 0 spiro atoms. The van der Waals surface area contributed by atoms with Crippen LogP contribution in [0.1, 0.15) is 28.8 Å². The van der Waals surface area contributed by atoms with Crippen molar-refractivity contribution in [1.29, 1.82) is 0 Å². The number of piperidine rings is 1. The van der Waals surface area contributed by atoms with Gasteiger partial charge < -0.3 is 4.90 Å². The van der Waals surface area contributed by atoms with Crippen molar-refractivity contribution in [3.8, 4) is 0 Å². The van der Waals surface area contributed by atoms with Crippen molar-refractivity contribution in [1.82, 2.24) is 9.62 Å². The summed E-state index contributed by atoms with van der Waals surface area (Å²) in [6, 6.07) is 12.7. The van der Waals surface area contributed by atoms with Crippen LogP contribution in [0.25, 0.3) is 0 Å². The molecule has 2 aromatic rings. The van der Waals surface area contributed by atoms with Crippen LogP contribution in [0, 0.1) is 11.7 Å². The molecule has 5 nitrogen and oxygen atoms in total. The summed E-state index contributed by atoms with van der Waals surface area (Å²) < 4.78 is 41.0. The second-order valence-electron chi connectivity index (χ2n) is 6.95. The topological polar surface area (TPSA) is 66.5 Å². The van der Waals surface area contributed by atoms with Gasteiger partial charge in [-0.25, -0.2) is 17.5 Å². The molecule has 28 heavy (non-hydrogen) atoms. The van der Waals surface area contributed by atoms with Crippen molar-refractivity contribution in [2.45, 2.75) is 18.6 Å². The number of nitrogens with one attached hydrogen (secondary N) is 1. The number of halogens is 2. The monoisotopic (exact) mass is 424 g/mol. The number of likely N-dealkylation sites (tertiary alicyclic amines) is 1. The van der Waals surface area contributed by atoms with Gasteiger partial charge in [-0.3, -0.25) is 4.79 Å². The molecule has 1 aliphatic rings. The van der Waals surface area contributed by atoms with E-state index in [-0.39, 0.29) is 23.1 Å². The van der Waals surface area contributed by atoms with Gasteiger partial charge in [-0.2, -0.15) is 0 Å². The molecule has 0 bridgehead atoms. The van der Waals surface area contributed by atoms with Gasteiger partial charge >= 0.3 is 0 Å². The van der Waals surface area contributed by atoms with E-state index in [9.17, 15) is 17.6 Å². The largest absolute Gasteiger partial charge is 0.339 e. The van der Waals surface area contributed by atoms with Crippen LogP contribution >= 0.6 is 11.6 Å². The molecule has 8 heteroatoms. The third-order valence-corrected chi connectivity index (χ3v) is 6.40. The van der Waals surface area contributed by atoms with Crippen molar-refractivity contribution >= 4 is 27.5 Å². The van der Waals surface area contributed by atoms with Gasteiger partial charge in [-0.05, 0) is 48.6 Å². The molecular formula is C20H22ClFN2O3S. The van der Waals surface area contributed by atoms with Crippen LogP contribution in [0.2, 0.25) is 5.02 Å². The first-order chi connectivity index (χ1) is 13.3. The fourth-order valence-corrected chi connectivity index (χ4v) is 4.71. The maximum atomic E-state index is 13.8. The Balaban J connectivity index is 1.49. The van der Waals surface area contributed by atoms with Crippen LogP contribution in [-0.4, -0.2) is 38.9 Å². The Bertz CT molecular complexity index is 944. The molecule has 1 heterocycles. The van der Waals surface area contributed by atoms with E-state index in [4.69, 9.17) is 11.6 Å². The molecule has 1 amide bonds. The zero-order chi connectivity index (χ0) is 20.1. The minimum atomic E-state index is -3.47. The Labute approximate surface area is 169 Å². The molecule has 0 aliphatic carbocycles. The molecule has 0 atom stereocenters. The van der Waals surface area contributed by atoms with Crippen LogP contribution in [-0.2, 0) is 15.8 Å². The molecule has 0 radical (unpaired) electrons. The normalized spacial score (nSPS) is 15.6. The summed E-state index contributed by atoms with van der Waals surface area (Å²) in [7, 11) is -3.47. The number of carbonyl (C=O) groups is 1. The first-order valence-corrected chi connectivity index (χ1v) is 11.1. The molecule has 150 valence electrons. The summed E-state index contributed by atoms with van der Waals surface area (Å²) in [5.41, 5.74) is 0.702. The summed E-state index contributed by atoms with van der Waals surface area (Å²) in [5.74, 6) is -0.835. The van der Waals surface area contributed by atoms with Gasteiger partial charge in [-0.1, -0.05) is 35.9 Å². The Kier molecular flexibility index (Phi) is 6.69.